The maximum Gasteiger partial charge on any atom is 0.321 e. The minimum atomic E-state index is -1.12. The van der Waals surface area contributed by atoms with Gasteiger partial charge in [0.2, 0.25) is 11.8 Å². The molecule has 7 nitrogen and oxygen atoms in total. The lowest BCUT2D eigenvalue weighted by atomic mass is 10.3. The quantitative estimate of drug-likeness (QED) is 0.731. The van der Waals surface area contributed by atoms with Gasteiger partial charge in [0, 0.05) is 23.8 Å². The van der Waals surface area contributed by atoms with Gasteiger partial charge >= 0.3 is 5.97 Å². The van der Waals surface area contributed by atoms with Gasteiger partial charge in [0.1, 0.15) is 6.04 Å². The van der Waals surface area contributed by atoms with E-state index in [2.05, 4.69) is 4.98 Å². The van der Waals surface area contributed by atoms with Crippen LogP contribution in [0.4, 0.5) is 5.13 Å². The fourth-order valence-corrected chi connectivity index (χ4v) is 3.31. The van der Waals surface area contributed by atoms with Gasteiger partial charge in [-0.1, -0.05) is 0 Å². The van der Waals surface area contributed by atoms with E-state index in [4.69, 9.17) is 10.8 Å². The number of carboxylic acids is 1. The van der Waals surface area contributed by atoms with Crippen molar-refractivity contribution in [2.24, 2.45) is 5.73 Å². The Labute approximate surface area is 116 Å². The molecule has 1 aromatic heterocycles. The third-order valence-corrected chi connectivity index (χ3v) is 4.59. The Bertz CT molecular complexity index is 505. The van der Waals surface area contributed by atoms with Gasteiger partial charge in [0.25, 0.3) is 0 Å². The van der Waals surface area contributed by atoms with Crippen LogP contribution in [0.25, 0.3) is 0 Å². The maximum atomic E-state index is 12.1. The van der Waals surface area contributed by atoms with Crippen molar-refractivity contribution < 1.29 is 19.5 Å². The highest BCUT2D eigenvalue weighted by Crippen LogP contribution is 2.30. The summed E-state index contributed by atoms with van der Waals surface area (Å²) in [6.07, 6.45) is 1.57. The van der Waals surface area contributed by atoms with Crippen LogP contribution in [0.15, 0.2) is 11.6 Å². The van der Waals surface area contributed by atoms with Gasteiger partial charge in [-0.25, -0.2) is 9.88 Å². The molecule has 0 bridgehead atoms. The number of carboxylic acid groups (broad SMARTS) is 1. The highest BCUT2D eigenvalue weighted by Gasteiger charge is 2.41. The van der Waals surface area contributed by atoms with Crippen LogP contribution >= 0.6 is 23.1 Å². The fraction of sp³-hybridized carbons (Fsp3) is 0.400. The molecule has 0 aromatic carbocycles. The maximum absolute atomic E-state index is 12.1. The molecule has 0 radical (unpaired) electrons. The van der Waals surface area contributed by atoms with Gasteiger partial charge in [0.05, 0.1) is 5.25 Å². The average Bonchev–Trinajstić information content (AvgIpc) is 2.95. The molecule has 2 unspecified atom stereocenters. The number of thiazole rings is 1. The number of aromatic nitrogens is 1. The fourth-order valence-electron chi connectivity index (χ4n) is 1.55. The van der Waals surface area contributed by atoms with Crippen molar-refractivity contribution in [2.75, 3.05) is 10.7 Å². The summed E-state index contributed by atoms with van der Waals surface area (Å²) >= 11 is 2.30. The molecule has 1 aromatic rings. The zero-order valence-electron chi connectivity index (χ0n) is 9.68. The lowest BCUT2D eigenvalue weighted by Crippen LogP contribution is -2.35. The van der Waals surface area contributed by atoms with E-state index in [1.807, 2.05) is 0 Å². The highest BCUT2D eigenvalue weighted by atomic mass is 32.2. The van der Waals surface area contributed by atoms with Crippen LogP contribution in [-0.4, -0.2) is 44.9 Å². The lowest BCUT2D eigenvalue weighted by molar-refractivity contribution is -0.138. The first-order valence-corrected chi connectivity index (χ1v) is 7.30. The molecule has 0 aliphatic carbocycles. The summed E-state index contributed by atoms with van der Waals surface area (Å²) in [4.78, 5) is 39.4. The van der Waals surface area contributed by atoms with Crippen LogP contribution in [0.2, 0.25) is 0 Å². The van der Waals surface area contributed by atoms with Crippen LogP contribution in [-0.2, 0) is 14.4 Å². The Balaban J connectivity index is 2.00. The van der Waals surface area contributed by atoms with E-state index in [1.165, 1.54) is 17.5 Å². The molecule has 2 amide bonds. The van der Waals surface area contributed by atoms with Crippen LogP contribution in [0.5, 0.6) is 0 Å². The Morgan fingerprint density at radius 3 is 3.00 bits per heavy atom. The molecule has 9 heteroatoms. The van der Waals surface area contributed by atoms with Gasteiger partial charge in [0.15, 0.2) is 5.13 Å². The van der Waals surface area contributed by atoms with E-state index < -0.39 is 17.3 Å². The van der Waals surface area contributed by atoms with E-state index in [9.17, 15) is 14.4 Å². The monoisotopic (exact) mass is 301 g/mol. The first kappa shape index (κ1) is 14.0. The summed E-state index contributed by atoms with van der Waals surface area (Å²) in [5, 5.41) is 10.1. The summed E-state index contributed by atoms with van der Waals surface area (Å²) in [5.41, 5.74) is 5.36. The summed E-state index contributed by atoms with van der Waals surface area (Å²) in [7, 11) is 0. The molecule has 1 saturated heterocycles. The molecular weight excluding hydrogens is 290 g/mol. The number of nitrogens with two attached hydrogens (primary N) is 1. The largest absolute Gasteiger partial charge is 0.480 e. The van der Waals surface area contributed by atoms with Crippen LogP contribution in [0.3, 0.4) is 0 Å². The van der Waals surface area contributed by atoms with Crippen LogP contribution in [0, 0.1) is 0 Å². The zero-order valence-corrected chi connectivity index (χ0v) is 11.3. The topological polar surface area (TPSA) is 114 Å². The second-order valence-electron chi connectivity index (χ2n) is 3.85. The first-order valence-electron chi connectivity index (χ1n) is 5.37. The number of amides is 2. The summed E-state index contributed by atoms with van der Waals surface area (Å²) in [6.45, 7) is 0. The number of nitrogens with zero attached hydrogens (tertiary/aromatic N) is 2. The standard InChI is InChI=1S/C10H11N3O4S2/c11-5(9(16)17)4-19-6-3-7(14)13(8(6)15)10-12-1-2-18-10/h1-2,5-6H,3-4,11H2,(H,16,17). The first-order chi connectivity index (χ1) is 9.00. The van der Waals surface area contributed by atoms with Gasteiger partial charge in [-0.2, -0.15) is 0 Å². The van der Waals surface area contributed by atoms with Crippen molar-refractivity contribution in [1.29, 1.82) is 0 Å². The number of aliphatic carboxylic acids is 1. The summed E-state index contributed by atoms with van der Waals surface area (Å²) in [6, 6.07) is -1.04. The van der Waals surface area contributed by atoms with Crippen molar-refractivity contribution in [3.8, 4) is 0 Å². The number of hydrogen-bond donors (Lipinski definition) is 2. The number of thioether (sulfide) groups is 1. The number of carbonyl (C=O) groups is 3. The Hall–Kier alpha value is -1.45. The Morgan fingerprint density at radius 2 is 2.42 bits per heavy atom. The molecule has 1 aliphatic heterocycles. The Kier molecular flexibility index (Phi) is 4.17. The van der Waals surface area contributed by atoms with Crippen molar-refractivity contribution in [2.45, 2.75) is 17.7 Å². The van der Waals surface area contributed by atoms with Gasteiger partial charge in [-0.3, -0.25) is 14.4 Å². The molecular formula is C10H11N3O4S2. The zero-order chi connectivity index (χ0) is 14.0. The van der Waals surface area contributed by atoms with E-state index in [0.29, 0.717) is 5.13 Å². The molecule has 1 fully saturated rings. The molecule has 2 rings (SSSR count). The third-order valence-electron chi connectivity index (χ3n) is 2.51. The summed E-state index contributed by atoms with van der Waals surface area (Å²) < 4.78 is 0. The molecule has 2 heterocycles. The number of anilines is 1. The molecule has 102 valence electrons. The smallest absolute Gasteiger partial charge is 0.321 e. The molecule has 0 spiro atoms. The predicted octanol–water partition coefficient (Wildman–Crippen LogP) is -0.0799. The normalized spacial score (nSPS) is 20.9. The number of carbonyl (C=O) groups excluding carboxylic acids is 2. The minimum Gasteiger partial charge on any atom is -0.480 e. The van der Waals surface area contributed by atoms with Gasteiger partial charge in [-0.05, 0) is 0 Å². The van der Waals surface area contributed by atoms with Crippen molar-refractivity contribution in [3.05, 3.63) is 11.6 Å². The van der Waals surface area contributed by atoms with Crippen molar-refractivity contribution in [1.82, 2.24) is 4.98 Å². The van der Waals surface area contributed by atoms with E-state index in [0.717, 1.165) is 16.7 Å². The second kappa shape index (κ2) is 5.68. The minimum absolute atomic E-state index is 0.0510. The molecule has 0 saturated carbocycles. The van der Waals surface area contributed by atoms with Crippen molar-refractivity contribution >= 4 is 46.0 Å². The van der Waals surface area contributed by atoms with E-state index in [-0.39, 0.29) is 24.0 Å². The lowest BCUT2D eigenvalue weighted by Gasteiger charge is -2.12. The Morgan fingerprint density at radius 1 is 1.68 bits per heavy atom. The summed E-state index contributed by atoms with van der Waals surface area (Å²) in [5.74, 6) is -1.71. The van der Waals surface area contributed by atoms with Crippen LogP contribution in [0.1, 0.15) is 6.42 Å². The van der Waals surface area contributed by atoms with Gasteiger partial charge in [-0.15, -0.1) is 23.1 Å². The SMILES string of the molecule is NC(CSC1CC(=O)N(c2nccs2)C1=O)C(=O)O. The molecule has 19 heavy (non-hydrogen) atoms. The van der Waals surface area contributed by atoms with Gasteiger partial charge < -0.3 is 10.8 Å². The molecule has 3 N–H and O–H groups in total. The van der Waals surface area contributed by atoms with E-state index in [1.54, 1.807) is 5.38 Å². The number of rotatable bonds is 5. The predicted molar refractivity (Wildman–Crippen MR) is 71.1 cm³/mol. The van der Waals surface area contributed by atoms with Crippen molar-refractivity contribution in [3.63, 3.8) is 0 Å². The number of hydrogen-bond acceptors (Lipinski definition) is 7. The van der Waals surface area contributed by atoms with E-state index >= 15 is 0 Å². The molecule has 2 atom stereocenters. The van der Waals surface area contributed by atoms with Crippen LogP contribution < -0.4 is 10.6 Å². The third kappa shape index (κ3) is 2.94. The molecule has 1 aliphatic rings. The number of imide groups is 1. The second-order valence-corrected chi connectivity index (χ2v) is 5.96. The average molecular weight is 301 g/mol. The highest BCUT2D eigenvalue weighted by molar-refractivity contribution is 8.00.